The molecule has 0 bridgehead atoms. The molecule has 82 valence electrons. The van der Waals surface area contributed by atoms with Gasteiger partial charge in [0.1, 0.15) is 0 Å². The van der Waals surface area contributed by atoms with Gasteiger partial charge in [0.2, 0.25) is 0 Å². The molecule has 0 spiro atoms. The zero-order valence-electron chi connectivity index (χ0n) is 9.55. The van der Waals surface area contributed by atoms with Gasteiger partial charge in [-0.05, 0) is 43.9 Å². The summed E-state index contributed by atoms with van der Waals surface area (Å²) in [6, 6.07) is 0. The molecule has 14 heavy (non-hydrogen) atoms. The van der Waals surface area contributed by atoms with Crippen molar-refractivity contribution in [2.75, 3.05) is 0 Å². The maximum Gasteiger partial charge on any atom is 0.309 e. The lowest BCUT2D eigenvalue weighted by atomic mass is 9.79. The van der Waals surface area contributed by atoms with Crippen LogP contribution in [0, 0.1) is 17.3 Å². The van der Waals surface area contributed by atoms with E-state index >= 15 is 0 Å². The van der Waals surface area contributed by atoms with E-state index in [1.54, 1.807) is 0 Å². The molecule has 1 rings (SSSR count). The summed E-state index contributed by atoms with van der Waals surface area (Å²) in [5, 5.41) is 9.29. The Balaban J connectivity index is 2.59. The van der Waals surface area contributed by atoms with Gasteiger partial charge in [-0.3, -0.25) is 4.79 Å². The van der Waals surface area contributed by atoms with Crippen LogP contribution in [0.2, 0.25) is 0 Å². The molecule has 0 radical (unpaired) electrons. The maximum atomic E-state index is 11.3. The van der Waals surface area contributed by atoms with Gasteiger partial charge < -0.3 is 5.11 Å². The van der Waals surface area contributed by atoms with E-state index in [1.807, 2.05) is 0 Å². The highest BCUT2D eigenvalue weighted by Crippen LogP contribution is 2.45. The highest BCUT2D eigenvalue weighted by molar-refractivity contribution is 5.75. The second kappa shape index (κ2) is 4.33. The molecule has 2 atom stereocenters. The van der Waals surface area contributed by atoms with Crippen LogP contribution in [0.3, 0.4) is 0 Å². The minimum atomic E-state index is -0.567. The molecule has 0 saturated heterocycles. The van der Waals surface area contributed by atoms with Crippen LogP contribution in [-0.2, 0) is 4.79 Å². The van der Waals surface area contributed by atoms with Gasteiger partial charge in [0.25, 0.3) is 0 Å². The van der Waals surface area contributed by atoms with Gasteiger partial charge in [-0.2, -0.15) is 0 Å². The molecule has 0 aliphatic heterocycles. The van der Waals surface area contributed by atoms with Crippen molar-refractivity contribution in [3.05, 3.63) is 0 Å². The largest absolute Gasteiger partial charge is 0.481 e. The van der Waals surface area contributed by atoms with Crippen LogP contribution in [0.4, 0.5) is 0 Å². The Morgan fingerprint density at radius 3 is 2.57 bits per heavy atom. The Labute approximate surface area is 86.7 Å². The Morgan fingerprint density at radius 1 is 1.57 bits per heavy atom. The molecular formula is C12H22O2. The number of aliphatic carboxylic acids is 1. The monoisotopic (exact) mass is 198 g/mol. The molecule has 1 aliphatic rings. The third-order valence-electron chi connectivity index (χ3n) is 3.51. The molecule has 2 unspecified atom stereocenters. The molecule has 0 aromatic carbocycles. The van der Waals surface area contributed by atoms with Crippen LogP contribution in [0.1, 0.15) is 52.9 Å². The van der Waals surface area contributed by atoms with Gasteiger partial charge >= 0.3 is 5.97 Å². The minimum Gasteiger partial charge on any atom is -0.481 e. The lowest BCUT2D eigenvalue weighted by molar-refractivity contribution is -0.149. The number of hydrogen-bond acceptors (Lipinski definition) is 1. The second-order valence-corrected chi connectivity index (χ2v) is 5.37. The summed E-state index contributed by atoms with van der Waals surface area (Å²) in [7, 11) is 0. The van der Waals surface area contributed by atoms with Crippen LogP contribution in [-0.4, -0.2) is 11.1 Å². The number of carbonyl (C=O) groups is 1. The first-order valence-electron chi connectivity index (χ1n) is 5.70. The van der Waals surface area contributed by atoms with Gasteiger partial charge in [0, 0.05) is 0 Å². The van der Waals surface area contributed by atoms with E-state index in [2.05, 4.69) is 20.8 Å². The van der Waals surface area contributed by atoms with Crippen molar-refractivity contribution >= 4 is 5.97 Å². The molecule has 0 amide bonds. The van der Waals surface area contributed by atoms with Crippen LogP contribution in [0.15, 0.2) is 0 Å². The molecule has 1 aliphatic carbocycles. The molecule has 2 heteroatoms. The summed E-state index contributed by atoms with van der Waals surface area (Å²) in [5.41, 5.74) is -0.385. The Kier molecular flexibility index (Phi) is 3.57. The van der Waals surface area contributed by atoms with E-state index in [9.17, 15) is 9.90 Å². The quantitative estimate of drug-likeness (QED) is 0.752. The molecule has 1 fully saturated rings. The fraction of sp³-hybridized carbons (Fsp3) is 0.917. The van der Waals surface area contributed by atoms with E-state index in [1.165, 1.54) is 0 Å². The smallest absolute Gasteiger partial charge is 0.309 e. The average molecular weight is 198 g/mol. The number of rotatable bonds is 4. The lowest BCUT2D eigenvalue weighted by Gasteiger charge is -2.24. The van der Waals surface area contributed by atoms with Crippen molar-refractivity contribution in [1.82, 2.24) is 0 Å². The summed E-state index contributed by atoms with van der Waals surface area (Å²) >= 11 is 0. The van der Waals surface area contributed by atoms with E-state index in [0.29, 0.717) is 11.8 Å². The molecule has 1 N–H and O–H groups in total. The fourth-order valence-corrected chi connectivity index (χ4v) is 2.49. The maximum absolute atomic E-state index is 11.3. The first-order valence-corrected chi connectivity index (χ1v) is 5.70. The topological polar surface area (TPSA) is 37.3 Å². The molecule has 0 heterocycles. The van der Waals surface area contributed by atoms with Gasteiger partial charge in [0.05, 0.1) is 5.41 Å². The van der Waals surface area contributed by atoms with Crippen LogP contribution in [0.25, 0.3) is 0 Å². The second-order valence-electron chi connectivity index (χ2n) is 5.37. The summed E-state index contributed by atoms with van der Waals surface area (Å²) in [6.45, 7) is 6.49. The molecular weight excluding hydrogens is 176 g/mol. The fourth-order valence-electron chi connectivity index (χ4n) is 2.49. The third-order valence-corrected chi connectivity index (χ3v) is 3.51. The van der Waals surface area contributed by atoms with Crippen molar-refractivity contribution in [3.63, 3.8) is 0 Å². The summed E-state index contributed by atoms with van der Waals surface area (Å²) in [5.74, 6) is 0.642. The van der Waals surface area contributed by atoms with Crippen molar-refractivity contribution in [2.45, 2.75) is 52.9 Å². The normalized spacial score (nSPS) is 32.4. The molecule has 0 aromatic heterocycles. The van der Waals surface area contributed by atoms with Gasteiger partial charge in [-0.25, -0.2) is 0 Å². The van der Waals surface area contributed by atoms with Crippen molar-refractivity contribution in [1.29, 1.82) is 0 Å². The predicted molar refractivity (Wildman–Crippen MR) is 57.2 cm³/mol. The third kappa shape index (κ3) is 2.49. The zero-order chi connectivity index (χ0) is 10.8. The Morgan fingerprint density at radius 2 is 2.21 bits per heavy atom. The molecule has 0 aromatic rings. The van der Waals surface area contributed by atoms with E-state index in [-0.39, 0.29) is 5.41 Å². The first-order chi connectivity index (χ1) is 6.46. The summed E-state index contributed by atoms with van der Waals surface area (Å²) < 4.78 is 0. The van der Waals surface area contributed by atoms with Gasteiger partial charge in [-0.15, -0.1) is 0 Å². The van der Waals surface area contributed by atoms with Crippen molar-refractivity contribution in [3.8, 4) is 0 Å². The van der Waals surface area contributed by atoms with Crippen LogP contribution < -0.4 is 0 Å². The number of hydrogen-bond donors (Lipinski definition) is 1. The van der Waals surface area contributed by atoms with E-state index in [4.69, 9.17) is 0 Å². The van der Waals surface area contributed by atoms with Crippen LogP contribution in [0.5, 0.6) is 0 Å². The predicted octanol–water partition coefficient (Wildman–Crippen LogP) is 3.31. The van der Waals surface area contributed by atoms with E-state index in [0.717, 1.165) is 32.1 Å². The standard InChI is InChI=1S/C12H22O2/c1-9(2)4-6-12(11(13)14)7-5-10(3)8-12/h9-10H,4-8H2,1-3H3,(H,13,14). The molecule has 2 nitrogen and oxygen atoms in total. The Hall–Kier alpha value is -0.530. The summed E-state index contributed by atoms with van der Waals surface area (Å²) in [4.78, 5) is 11.3. The highest BCUT2D eigenvalue weighted by Gasteiger charge is 2.43. The van der Waals surface area contributed by atoms with Gasteiger partial charge in [0.15, 0.2) is 0 Å². The van der Waals surface area contributed by atoms with Crippen LogP contribution >= 0.6 is 0 Å². The SMILES string of the molecule is CC(C)CCC1(C(=O)O)CCC(C)C1. The lowest BCUT2D eigenvalue weighted by Crippen LogP contribution is -2.28. The average Bonchev–Trinajstić information content (AvgIpc) is 2.45. The van der Waals surface area contributed by atoms with Crippen molar-refractivity contribution < 1.29 is 9.90 Å². The Bertz CT molecular complexity index is 210. The molecule has 1 saturated carbocycles. The zero-order valence-corrected chi connectivity index (χ0v) is 9.55. The van der Waals surface area contributed by atoms with Gasteiger partial charge in [-0.1, -0.05) is 20.8 Å². The summed E-state index contributed by atoms with van der Waals surface area (Å²) in [6.07, 6.45) is 4.76. The van der Waals surface area contributed by atoms with Crippen molar-refractivity contribution in [2.24, 2.45) is 17.3 Å². The van der Waals surface area contributed by atoms with E-state index < -0.39 is 5.97 Å². The minimum absolute atomic E-state index is 0.385. The number of carboxylic acid groups (broad SMARTS) is 1. The highest BCUT2D eigenvalue weighted by atomic mass is 16.4. The first kappa shape index (κ1) is 11.5. The number of carboxylic acids is 1.